The van der Waals surface area contributed by atoms with E-state index in [1.165, 1.54) is 6.07 Å². The number of hydrogen-bond donors (Lipinski definition) is 2. The number of rotatable bonds is 1. The van der Waals surface area contributed by atoms with E-state index >= 15 is 0 Å². The SMILES string of the molecule is Nc1c(Cl)c(F)nc(-c2ccccc2O)c1Cl.[H-].[Na+]. The molecule has 0 radical (unpaired) electrons. The zero-order valence-electron chi connectivity index (χ0n) is 10.4. The fraction of sp³-hybridized carbons (Fsp3) is 0. The second kappa shape index (κ2) is 6.08. The van der Waals surface area contributed by atoms with Gasteiger partial charge in [-0.1, -0.05) is 35.3 Å². The first-order chi connectivity index (χ1) is 8.02. The number of phenols is 1. The summed E-state index contributed by atoms with van der Waals surface area (Å²) in [6.07, 6.45) is 0. The van der Waals surface area contributed by atoms with Gasteiger partial charge in [0.1, 0.15) is 10.8 Å². The molecule has 2 rings (SSSR count). The minimum atomic E-state index is -0.924. The summed E-state index contributed by atoms with van der Waals surface area (Å²) in [7, 11) is 0. The number of aromatic hydroxyl groups is 1. The zero-order valence-corrected chi connectivity index (χ0v) is 12.9. The number of para-hydroxylation sites is 1. The summed E-state index contributed by atoms with van der Waals surface area (Å²) in [6.45, 7) is 0. The van der Waals surface area contributed by atoms with Crippen LogP contribution < -0.4 is 35.3 Å². The molecule has 1 heterocycles. The van der Waals surface area contributed by atoms with E-state index in [4.69, 9.17) is 28.9 Å². The summed E-state index contributed by atoms with van der Waals surface area (Å²) >= 11 is 11.5. The number of nitrogens with two attached hydrogens (primary N) is 1. The fourth-order valence-electron chi connectivity index (χ4n) is 1.38. The van der Waals surface area contributed by atoms with E-state index < -0.39 is 5.95 Å². The van der Waals surface area contributed by atoms with Crippen molar-refractivity contribution in [3.8, 4) is 17.0 Å². The minimum Gasteiger partial charge on any atom is -1.00 e. The maximum atomic E-state index is 13.4. The predicted octanol–water partition coefficient (Wildman–Crippen LogP) is 0.599. The van der Waals surface area contributed by atoms with Gasteiger partial charge >= 0.3 is 29.6 Å². The summed E-state index contributed by atoms with van der Waals surface area (Å²) in [6, 6.07) is 6.28. The Balaban J connectivity index is 0.00000162. The number of nitrogens with zero attached hydrogens (tertiary/aromatic N) is 1. The Morgan fingerprint density at radius 3 is 2.44 bits per heavy atom. The smallest absolute Gasteiger partial charge is 1.00 e. The number of phenolic OH excluding ortho intramolecular Hbond substituents is 1. The Morgan fingerprint density at radius 2 is 1.83 bits per heavy atom. The molecule has 1 aromatic heterocycles. The molecule has 0 aliphatic heterocycles. The zero-order chi connectivity index (χ0) is 12.6. The third-order valence-electron chi connectivity index (χ3n) is 2.23. The third-order valence-corrected chi connectivity index (χ3v) is 2.97. The monoisotopic (exact) mass is 296 g/mol. The Bertz CT molecular complexity index is 601. The molecule has 0 saturated heterocycles. The van der Waals surface area contributed by atoms with E-state index in [9.17, 15) is 9.50 Å². The number of hydrogen-bond acceptors (Lipinski definition) is 3. The fourth-order valence-corrected chi connectivity index (χ4v) is 1.81. The molecule has 7 heteroatoms. The first kappa shape index (κ1) is 15.5. The Kier molecular flexibility index (Phi) is 5.25. The topological polar surface area (TPSA) is 59.1 Å². The van der Waals surface area contributed by atoms with Crippen LogP contribution in [-0.2, 0) is 0 Å². The van der Waals surface area contributed by atoms with E-state index in [1.54, 1.807) is 18.2 Å². The molecule has 0 unspecified atom stereocenters. The summed E-state index contributed by atoms with van der Waals surface area (Å²) in [5.74, 6) is -0.991. The van der Waals surface area contributed by atoms with Crippen molar-refractivity contribution < 1.29 is 40.5 Å². The minimum absolute atomic E-state index is 0. The molecule has 0 aliphatic carbocycles. The van der Waals surface area contributed by atoms with Crippen LogP contribution in [0, 0.1) is 5.95 Å². The average Bonchev–Trinajstić information content (AvgIpc) is 2.32. The maximum Gasteiger partial charge on any atom is 1.00 e. The van der Waals surface area contributed by atoms with Crippen LogP contribution in [0.1, 0.15) is 1.43 Å². The van der Waals surface area contributed by atoms with Crippen molar-refractivity contribution in [2.75, 3.05) is 5.73 Å². The molecule has 2 aromatic rings. The maximum absolute atomic E-state index is 13.4. The van der Waals surface area contributed by atoms with Gasteiger partial charge in [-0.15, -0.1) is 0 Å². The van der Waals surface area contributed by atoms with Crippen LogP contribution in [0.4, 0.5) is 10.1 Å². The third kappa shape index (κ3) is 2.73. The van der Waals surface area contributed by atoms with Crippen LogP contribution in [0.3, 0.4) is 0 Å². The van der Waals surface area contributed by atoms with Gasteiger partial charge < -0.3 is 12.3 Å². The van der Waals surface area contributed by atoms with Crippen molar-refractivity contribution >= 4 is 28.9 Å². The number of benzene rings is 1. The van der Waals surface area contributed by atoms with Crippen LogP contribution in [0.25, 0.3) is 11.3 Å². The van der Waals surface area contributed by atoms with Crippen LogP contribution in [0.2, 0.25) is 10.0 Å². The van der Waals surface area contributed by atoms with Gasteiger partial charge in [-0.05, 0) is 12.1 Å². The van der Waals surface area contributed by atoms with E-state index in [0.717, 1.165) is 0 Å². The molecular weight excluding hydrogens is 289 g/mol. The molecule has 1 aromatic carbocycles. The first-order valence-electron chi connectivity index (χ1n) is 4.60. The van der Waals surface area contributed by atoms with Gasteiger partial charge in [-0.25, -0.2) is 4.98 Å². The molecular formula is C11H8Cl2FN2NaO. The summed E-state index contributed by atoms with van der Waals surface area (Å²) < 4.78 is 13.4. The van der Waals surface area contributed by atoms with Gasteiger partial charge in [0.2, 0.25) is 5.95 Å². The molecule has 3 N–H and O–H groups in total. The molecule has 0 aliphatic rings. The molecule has 0 bridgehead atoms. The van der Waals surface area contributed by atoms with E-state index in [1.807, 2.05) is 0 Å². The van der Waals surface area contributed by atoms with Gasteiger partial charge in [-0.3, -0.25) is 0 Å². The molecule has 0 atom stereocenters. The Hall–Kier alpha value is -0.520. The molecule has 0 amide bonds. The van der Waals surface area contributed by atoms with Crippen LogP contribution in [-0.4, -0.2) is 10.1 Å². The van der Waals surface area contributed by atoms with Crippen molar-refractivity contribution in [3.63, 3.8) is 0 Å². The molecule has 0 saturated carbocycles. The van der Waals surface area contributed by atoms with Crippen LogP contribution in [0.5, 0.6) is 5.75 Å². The Labute approximate surface area is 137 Å². The summed E-state index contributed by atoms with van der Waals surface area (Å²) in [4.78, 5) is 3.59. The van der Waals surface area contributed by atoms with E-state index in [-0.39, 0.29) is 58.2 Å². The van der Waals surface area contributed by atoms with Gasteiger partial charge in [0.05, 0.1) is 16.4 Å². The second-order valence-corrected chi connectivity index (χ2v) is 4.07. The van der Waals surface area contributed by atoms with Crippen LogP contribution >= 0.6 is 23.2 Å². The van der Waals surface area contributed by atoms with Gasteiger partial charge in [0.25, 0.3) is 0 Å². The molecule has 90 valence electrons. The standard InChI is InChI=1S/C11H7Cl2FN2O.Na.H/c12-7-9(15)8(13)11(14)16-10(7)5-3-1-2-4-6(5)17;;/h1-4,17H,(H2,15,16);;/q;+1;-1. The summed E-state index contributed by atoms with van der Waals surface area (Å²) in [5, 5.41) is 9.33. The van der Waals surface area contributed by atoms with Crippen molar-refractivity contribution in [2.24, 2.45) is 0 Å². The van der Waals surface area contributed by atoms with Crippen molar-refractivity contribution in [1.82, 2.24) is 4.98 Å². The quantitative estimate of drug-likeness (QED) is 0.598. The van der Waals surface area contributed by atoms with E-state index in [0.29, 0.717) is 5.56 Å². The van der Waals surface area contributed by atoms with Crippen molar-refractivity contribution in [1.29, 1.82) is 0 Å². The molecule has 18 heavy (non-hydrogen) atoms. The second-order valence-electron chi connectivity index (χ2n) is 3.31. The number of aromatic nitrogens is 1. The Morgan fingerprint density at radius 1 is 1.22 bits per heavy atom. The van der Waals surface area contributed by atoms with Crippen LogP contribution in [0.15, 0.2) is 24.3 Å². The van der Waals surface area contributed by atoms with Crippen molar-refractivity contribution in [3.05, 3.63) is 40.3 Å². The molecule has 3 nitrogen and oxygen atoms in total. The number of nitrogen functional groups attached to an aromatic ring is 1. The van der Waals surface area contributed by atoms with Gasteiger partial charge in [0.15, 0.2) is 0 Å². The van der Waals surface area contributed by atoms with Gasteiger partial charge in [-0.2, -0.15) is 4.39 Å². The summed E-state index contributed by atoms with van der Waals surface area (Å²) in [5.41, 5.74) is 5.80. The normalized spacial score (nSPS) is 9.94. The number of anilines is 1. The first-order valence-corrected chi connectivity index (χ1v) is 5.36. The predicted molar refractivity (Wildman–Crippen MR) is 66.8 cm³/mol. The number of pyridine rings is 1. The molecule has 0 spiro atoms. The number of halogens is 3. The van der Waals surface area contributed by atoms with E-state index in [2.05, 4.69) is 4.98 Å². The van der Waals surface area contributed by atoms with Crippen molar-refractivity contribution in [2.45, 2.75) is 0 Å². The largest absolute Gasteiger partial charge is 1.00 e. The van der Waals surface area contributed by atoms with Gasteiger partial charge in [0, 0.05) is 5.56 Å². The average molecular weight is 297 g/mol. The molecule has 0 fully saturated rings.